The fourth-order valence-electron chi connectivity index (χ4n) is 1.24. The van der Waals surface area contributed by atoms with E-state index in [1.807, 2.05) is 0 Å². The Morgan fingerprint density at radius 2 is 2.19 bits per heavy atom. The summed E-state index contributed by atoms with van der Waals surface area (Å²) in [5.41, 5.74) is 0.863. The number of aromatic hydroxyl groups is 1. The Bertz CT molecular complexity index is 410. The van der Waals surface area contributed by atoms with Crippen LogP contribution in [0.15, 0.2) is 29.3 Å². The maximum Gasteiger partial charge on any atom is 0.331 e. The summed E-state index contributed by atoms with van der Waals surface area (Å²) in [6, 6.07) is 5.84. The Morgan fingerprint density at radius 1 is 1.56 bits per heavy atom. The standard InChI is InChI=1S/C11H11NO3S/c1-15-11(14)10(12-7-16)6-8-2-4-9(13)5-3-8/h2-5,10,13H,6H2,1H3. The average Bonchev–Trinajstić information content (AvgIpc) is 2.30. The molecule has 1 unspecified atom stereocenters. The summed E-state index contributed by atoms with van der Waals surface area (Å²) in [6.45, 7) is 0. The van der Waals surface area contributed by atoms with Gasteiger partial charge < -0.3 is 9.84 Å². The van der Waals surface area contributed by atoms with Gasteiger partial charge in [-0.25, -0.2) is 9.79 Å². The number of phenolic OH excluding ortho intramolecular Hbond substituents is 1. The van der Waals surface area contributed by atoms with Crippen LogP contribution in [0.3, 0.4) is 0 Å². The lowest BCUT2D eigenvalue weighted by atomic mass is 10.1. The number of hydrogen-bond donors (Lipinski definition) is 1. The average molecular weight is 237 g/mol. The fraction of sp³-hybridized carbons (Fsp3) is 0.273. The van der Waals surface area contributed by atoms with Crippen molar-refractivity contribution in [2.75, 3.05) is 7.11 Å². The lowest BCUT2D eigenvalue weighted by Gasteiger charge is -2.08. The largest absolute Gasteiger partial charge is 0.508 e. The predicted molar refractivity (Wildman–Crippen MR) is 62.6 cm³/mol. The van der Waals surface area contributed by atoms with E-state index in [0.717, 1.165) is 5.56 Å². The molecule has 0 spiro atoms. The van der Waals surface area contributed by atoms with Gasteiger partial charge >= 0.3 is 5.97 Å². The zero-order valence-electron chi connectivity index (χ0n) is 8.71. The van der Waals surface area contributed by atoms with Gasteiger partial charge in [0.05, 0.1) is 12.3 Å². The summed E-state index contributed by atoms with van der Waals surface area (Å²) in [5, 5.41) is 11.3. The fourth-order valence-corrected chi connectivity index (χ4v) is 1.36. The van der Waals surface area contributed by atoms with Crippen molar-refractivity contribution in [1.29, 1.82) is 0 Å². The summed E-state index contributed by atoms with van der Waals surface area (Å²) >= 11 is 4.47. The molecular weight excluding hydrogens is 226 g/mol. The third-order valence-corrected chi connectivity index (χ3v) is 2.15. The minimum Gasteiger partial charge on any atom is -0.508 e. The van der Waals surface area contributed by atoms with Crippen molar-refractivity contribution >= 4 is 23.3 Å². The van der Waals surface area contributed by atoms with E-state index >= 15 is 0 Å². The summed E-state index contributed by atoms with van der Waals surface area (Å²) in [4.78, 5) is 15.1. The molecule has 16 heavy (non-hydrogen) atoms. The van der Waals surface area contributed by atoms with Crippen molar-refractivity contribution in [1.82, 2.24) is 0 Å². The highest BCUT2D eigenvalue weighted by molar-refractivity contribution is 7.78. The van der Waals surface area contributed by atoms with E-state index in [-0.39, 0.29) is 5.75 Å². The lowest BCUT2D eigenvalue weighted by Crippen LogP contribution is -2.22. The molecule has 0 aliphatic heterocycles. The van der Waals surface area contributed by atoms with Crippen LogP contribution in [-0.4, -0.2) is 29.4 Å². The number of esters is 1. The minimum atomic E-state index is -0.674. The first-order valence-corrected chi connectivity index (χ1v) is 5.01. The zero-order chi connectivity index (χ0) is 12.0. The number of hydrogen-bond acceptors (Lipinski definition) is 5. The van der Waals surface area contributed by atoms with Crippen molar-refractivity contribution in [2.45, 2.75) is 12.5 Å². The Balaban J connectivity index is 2.79. The molecular formula is C11H11NO3S. The SMILES string of the molecule is COC(=O)C(Cc1ccc(O)cc1)N=C=S. The quantitative estimate of drug-likeness (QED) is 0.490. The third kappa shape index (κ3) is 3.46. The van der Waals surface area contributed by atoms with Crippen molar-refractivity contribution in [2.24, 2.45) is 4.99 Å². The normalized spacial score (nSPS) is 11.3. The molecule has 0 fully saturated rings. The van der Waals surface area contributed by atoms with Crippen LogP contribution in [0.2, 0.25) is 0 Å². The number of ether oxygens (including phenoxy) is 1. The number of isothiocyanates is 1. The second kappa shape index (κ2) is 6.00. The highest BCUT2D eigenvalue weighted by Crippen LogP contribution is 2.12. The Labute approximate surface area is 98.6 Å². The van der Waals surface area contributed by atoms with E-state index in [1.165, 1.54) is 7.11 Å². The monoisotopic (exact) mass is 237 g/mol. The highest BCUT2D eigenvalue weighted by Gasteiger charge is 2.18. The van der Waals surface area contributed by atoms with Gasteiger partial charge in [0, 0.05) is 6.42 Å². The molecule has 0 aliphatic carbocycles. The van der Waals surface area contributed by atoms with E-state index in [1.54, 1.807) is 24.3 Å². The van der Waals surface area contributed by atoms with Gasteiger partial charge in [-0.3, -0.25) is 0 Å². The zero-order valence-corrected chi connectivity index (χ0v) is 9.53. The molecule has 0 saturated carbocycles. The highest BCUT2D eigenvalue weighted by atomic mass is 32.1. The lowest BCUT2D eigenvalue weighted by molar-refractivity contribution is -0.142. The van der Waals surface area contributed by atoms with E-state index in [0.29, 0.717) is 6.42 Å². The Kier molecular flexibility index (Phi) is 4.64. The van der Waals surface area contributed by atoms with E-state index < -0.39 is 12.0 Å². The first kappa shape index (κ1) is 12.4. The molecule has 0 bridgehead atoms. The third-order valence-electron chi connectivity index (χ3n) is 2.05. The van der Waals surface area contributed by atoms with E-state index in [4.69, 9.17) is 5.11 Å². The predicted octanol–water partition coefficient (Wildman–Crippen LogP) is 1.58. The van der Waals surface area contributed by atoms with Gasteiger partial charge in [0.2, 0.25) is 0 Å². The molecule has 5 heteroatoms. The van der Waals surface area contributed by atoms with E-state index in [9.17, 15) is 4.79 Å². The van der Waals surface area contributed by atoms with Crippen molar-refractivity contribution in [3.8, 4) is 5.75 Å². The van der Waals surface area contributed by atoms with Crippen LogP contribution >= 0.6 is 12.2 Å². The topological polar surface area (TPSA) is 58.9 Å². The first-order valence-electron chi connectivity index (χ1n) is 4.60. The number of phenols is 1. The summed E-state index contributed by atoms with van der Waals surface area (Å²) in [6.07, 6.45) is 0.372. The van der Waals surface area contributed by atoms with Crippen LogP contribution in [-0.2, 0) is 16.0 Å². The molecule has 0 aliphatic rings. The Morgan fingerprint density at radius 3 is 2.69 bits per heavy atom. The molecule has 0 radical (unpaired) electrons. The molecule has 1 rings (SSSR count). The minimum absolute atomic E-state index is 0.178. The molecule has 1 atom stereocenters. The molecule has 0 saturated heterocycles. The van der Waals surface area contributed by atoms with Crippen molar-refractivity contribution in [3.63, 3.8) is 0 Å². The molecule has 0 aromatic heterocycles. The van der Waals surface area contributed by atoms with Crippen LogP contribution in [0.5, 0.6) is 5.75 Å². The van der Waals surface area contributed by atoms with Crippen LogP contribution in [0.1, 0.15) is 5.56 Å². The molecule has 1 aromatic rings. The first-order chi connectivity index (χ1) is 7.67. The number of benzene rings is 1. The smallest absolute Gasteiger partial charge is 0.331 e. The molecule has 0 amide bonds. The van der Waals surface area contributed by atoms with Crippen LogP contribution in [0, 0.1) is 0 Å². The van der Waals surface area contributed by atoms with Gasteiger partial charge in [-0.2, -0.15) is 0 Å². The van der Waals surface area contributed by atoms with Gasteiger partial charge in [-0.1, -0.05) is 12.1 Å². The van der Waals surface area contributed by atoms with Crippen LogP contribution in [0.4, 0.5) is 0 Å². The number of carbonyl (C=O) groups is 1. The molecule has 4 nitrogen and oxygen atoms in total. The summed E-state index contributed by atoms with van der Waals surface area (Å²) in [7, 11) is 1.30. The summed E-state index contributed by atoms with van der Waals surface area (Å²) in [5.74, 6) is -0.276. The number of thiocarbonyl (C=S) groups is 1. The maximum absolute atomic E-state index is 11.3. The van der Waals surface area contributed by atoms with Gasteiger partial charge in [0.1, 0.15) is 5.75 Å². The molecule has 0 heterocycles. The second-order valence-electron chi connectivity index (χ2n) is 3.13. The number of methoxy groups -OCH3 is 1. The van der Waals surface area contributed by atoms with Gasteiger partial charge in [-0.05, 0) is 29.9 Å². The van der Waals surface area contributed by atoms with Crippen molar-refractivity contribution < 1.29 is 14.6 Å². The second-order valence-corrected chi connectivity index (χ2v) is 3.31. The van der Waals surface area contributed by atoms with Gasteiger partial charge in [-0.15, -0.1) is 0 Å². The molecule has 1 N–H and O–H groups in total. The maximum atomic E-state index is 11.3. The van der Waals surface area contributed by atoms with Gasteiger partial charge in [0.15, 0.2) is 6.04 Å². The number of nitrogens with zero attached hydrogens (tertiary/aromatic N) is 1. The molecule has 1 aromatic carbocycles. The Hall–Kier alpha value is -1.71. The number of rotatable bonds is 4. The van der Waals surface area contributed by atoms with Crippen LogP contribution < -0.4 is 0 Å². The molecule has 84 valence electrons. The number of carbonyl (C=O) groups excluding carboxylic acids is 1. The summed E-state index contributed by atoms with van der Waals surface area (Å²) < 4.78 is 4.59. The van der Waals surface area contributed by atoms with Crippen LogP contribution in [0.25, 0.3) is 0 Å². The van der Waals surface area contributed by atoms with Crippen molar-refractivity contribution in [3.05, 3.63) is 29.8 Å². The number of aliphatic imine (C=N–C) groups is 1. The van der Waals surface area contributed by atoms with Gasteiger partial charge in [0.25, 0.3) is 0 Å². The van der Waals surface area contributed by atoms with E-state index in [2.05, 4.69) is 27.1 Å².